The SMILES string of the molecule is Cc1c(F)cncc1-c1ccc2cc(NC(=O)O)ncc2c1. The van der Waals surface area contributed by atoms with Gasteiger partial charge in [-0.05, 0) is 35.6 Å². The molecule has 2 aromatic heterocycles. The molecule has 1 amide bonds. The number of rotatable bonds is 2. The Morgan fingerprint density at radius 3 is 2.77 bits per heavy atom. The van der Waals surface area contributed by atoms with E-state index in [0.717, 1.165) is 21.9 Å². The lowest BCUT2D eigenvalue weighted by Crippen LogP contribution is -2.08. The lowest BCUT2D eigenvalue weighted by Gasteiger charge is -2.08. The Balaban J connectivity index is 2.07. The van der Waals surface area contributed by atoms with Crippen LogP contribution < -0.4 is 5.32 Å². The fraction of sp³-hybridized carbons (Fsp3) is 0.0625. The highest BCUT2D eigenvalue weighted by Gasteiger charge is 2.08. The molecule has 0 atom stereocenters. The molecule has 0 unspecified atom stereocenters. The smallest absolute Gasteiger partial charge is 0.410 e. The number of amides is 1. The number of pyridine rings is 2. The second kappa shape index (κ2) is 5.40. The van der Waals surface area contributed by atoms with Crippen molar-refractivity contribution in [2.24, 2.45) is 0 Å². The molecule has 0 radical (unpaired) electrons. The van der Waals surface area contributed by atoms with E-state index in [2.05, 4.69) is 15.3 Å². The summed E-state index contributed by atoms with van der Waals surface area (Å²) in [6, 6.07) is 7.19. The highest BCUT2D eigenvalue weighted by atomic mass is 19.1. The van der Waals surface area contributed by atoms with E-state index in [1.54, 1.807) is 25.4 Å². The topological polar surface area (TPSA) is 75.1 Å². The number of fused-ring (bicyclic) bond motifs is 1. The Morgan fingerprint density at radius 1 is 1.18 bits per heavy atom. The summed E-state index contributed by atoms with van der Waals surface area (Å²) in [6.07, 6.45) is 3.22. The molecule has 0 saturated carbocycles. The third kappa shape index (κ3) is 2.58. The minimum Gasteiger partial charge on any atom is -0.465 e. The highest BCUT2D eigenvalue weighted by molar-refractivity contribution is 5.91. The maximum atomic E-state index is 13.6. The summed E-state index contributed by atoms with van der Waals surface area (Å²) in [5.74, 6) is -0.0897. The molecular formula is C16H12FN3O2. The molecule has 2 heterocycles. The third-order valence-electron chi connectivity index (χ3n) is 3.42. The van der Waals surface area contributed by atoms with Gasteiger partial charge in [0.25, 0.3) is 0 Å². The Morgan fingerprint density at radius 2 is 2.00 bits per heavy atom. The number of hydrogen-bond donors (Lipinski definition) is 2. The van der Waals surface area contributed by atoms with Crippen LogP contribution in [0.1, 0.15) is 5.56 Å². The number of carbonyl (C=O) groups is 1. The van der Waals surface area contributed by atoms with Crippen molar-refractivity contribution in [1.29, 1.82) is 0 Å². The Bertz CT molecular complexity index is 880. The summed E-state index contributed by atoms with van der Waals surface area (Å²) in [6.45, 7) is 1.70. The van der Waals surface area contributed by atoms with Gasteiger partial charge in [-0.3, -0.25) is 10.3 Å². The summed E-state index contributed by atoms with van der Waals surface area (Å²) in [5.41, 5.74) is 2.08. The molecule has 3 aromatic rings. The van der Waals surface area contributed by atoms with Crippen LogP contribution in [0.25, 0.3) is 21.9 Å². The average molecular weight is 297 g/mol. The van der Waals surface area contributed by atoms with Crippen LogP contribution in [0.5, 0.6) is 0 Å². The normalized spacial score (nSPS) is 10.6. The van der Waals surface area contributed by atoms with Gasteiger partial charge in [-0.1, -0.05) is 12.1 Å². The van der Waals surface area contributed by atoms with Gasteiger partial charge in [0.15, 0.2) is 0 Å². The van der Waals surface area contributed by atoms with Crippen molar-refractivity contribution in [2.75, 3.05) is 5.32 Å². The van der Waals surface area contributed by atoms with Gasteiger partial charge in [0.1, 0.15) is 11.6 Å². The largest absolute Gasteiger partial charge is 0.465 e. The summed E-state index contributed by atoms with van der Waals surface area (Å²) >= 11 is 0. The van der Waals surface area contributed by atoms with Crippen molar-refractivity contribution in [3.8, 4) is 11.1 Å². The zero-order chi connectivity index (χ0) is 15.7. The van der Waals surface area contributed by atoms with Crippen LogP contribution >= 0.6 is 0 Å². The maximum absolute atomic E-state index is 13.6. The van der Waals surface area contributed by atoms with E-state index in [9.17, 15) is 9.18 Å². The van der Waals surface area contributed by atoms with Crippen LogP contribution in [0, 0.1) is 12.7 Å². The van der Waals surface area contributed by atoms with Crippen LogP contribution in [0.2, 0.25) is 0 Å². The molecule has 0 aliphatic carbocycles. The zero-order valence-electron chi connectivity index (χ0n) is 11.7. The van der Waals surface area contributed by atoms with E-state index in [-0.39, 0.29) is 11.6 Å². The summed E-state index contributed by atoms with van der Waals surface area (Å²) in [5, 5.41) is 12.6. The molecule has 0 aliphatic rings. The monoisotopic (exact) mass is 297 g/mol. The first-order valence-corrected chi connectivity index (χ1v) is 6.55. The first-order valence-electron chi connectivity index (χ1n) is 6.55. The van der Waals surface area contributed by atoms with Gasteiger partial charge in [-0.2, -0.15) is 0 Å². The van der Waals surface area contributed by atoms with Crippen LogP contribution in [0.3, 0.4) is 0 Å². The first-order chi connectivity index (χ1) is 10.5. The number of nitrogens with one attached hydrogen (secondary N) is 1. The summed E-state index contributed by atoms with van der Waals surface area (Å²) in [7, 11) is 0. The van der Waals surface area contributed by atoms with Crippen molar-refractivity contribution in [3.05, 3.63) is 54.2 Å². The number of hydrogen-bond acceptors (Lipinski definition) is 3. The van der Waals surface area contributed by atoms with E-state index < -0.39 is 6.09 Å². The maximum Gasteiger partial charge on any atom is 0.410 e. The van der Waals surface area contributed by atoms with E-state index in [0.29, 0.717) is 5.56 Å². The standard InChI is InChI=1S/C16H12FN3O2/c1-9-13(7-18-8-14(9)17)11-3-2-10-5-15(20-16(21)22)19-6-12(10)4-11/h2-8H,1H3,(H,19,20)(H,21,22). The zero-order valence-corrected chi connectivity index (χ0v) is 11.7. The number of nitrogens with zero attached hydrogens (tertiary/aromatic N) is 2. The van der Waals surface area contributed by atoms with Gasteiger partial charge < -0.3 is 5.11 Å². The molecule has 6 heteroatoms. The Kier molecular flexibility index (Phi) is 3.42. The first kappa shape index (κ1) is 13.9. The van der Waals surface area contributed by atoms with Crippen molar-refractivity contribution >= 4 is 22.7 Å². The molecule has 5 nitrogen and oxygen atoms in total. The van der Waals surface area contributed by atoms with Crippen LogP contribution in [0.4, 0.5) is 15.0 Å². The minimum absolute atomic E-state index is 0.261. The van der Waals surface area contributed by atoms with E-state index in [4.69, 9.17) is 5.11 Å². The molecule has 1 aromatic carbocycles. The van der Waals surface area contributed by atoms with Crippen molar-refractivity contribution in [1.82, 2.24) is 9.97 Å². The summed E-state index contributed by atoms with van der Waals surface area (Å²) in [4.78, 5) is 18.5. The van der Waals surface area contributed by atoms with E-state index in [1.807, 2.05) is 18.2 Å². The number of anilines is 1. The van der Waals surface area contributed by atoms with Crippen molar-refractivity contribution < 1.29 is 14.3 Å². The quantitative estimate of drug-likeness (QED) is 0.753. The summed E-state index contributed by atoms with van der Waals surface area (Å²) < 4.78 is 13.6. The second-order valence-electron chi connectivity index (χ2n) is 4.86. The third-order valence-corrected chi connectivity index (χ3v) is 3.42. The van der Waals surface area contributed by atoms with Gasteiger partial charge in [-0.15, -0.1) is 0 Å². The molecule has 0 aliphatic heterocycles. The molecular weight excluding hydrogens is 285 g/mol. The highest BCUT2D eigenvalue weighted by Crippen LogP contribution is 2.28. The average Bonchev–Trinajstić information content (AvgIpc) is 2.49. The van der Waals surface area contributed by atoms with Crippen LogP contribution in [-0.2, 0) is 0 Å². The van der Waals surface area contributed by atoms with Crippen LogP contribution in [0.15, 0.2) is 42.9 Å². The molecule has 110 valence electrons. The molecule has 3 rings (SSSR count). The molecule has 0 spiro atoms. The van der Waals surface area contributed by atoms with Crippen molar-refractivity contribution in [2.45, 2.75) is 6.92 Å². The van der Waals surface area contributed by atoms with Gasteiger partial charge in [-0.25, -0.2) is 14.2 Å². The minimum atomic E-state index is -1.16. The lowest BCUT2D eigenvalue weighted by molar-refractivity contribution is 0.209. The molecule has 0 saturated heterocycles. The van der Waals surface area contributed by atoms with Gasteiger partial charge in [0.2, 0.25) is 0 Å². The molecule has 22 heavy (non-hydrogen) atoms. The fourth-order valence-electron chi connectivity index (χ4n) is 2.28. The van der Waals surface area contributed by atoms with Crippen molar-refractivity contribution in [3.63, 3.8) is 0 Å². The predicted molar refractivity (Wildman–Crippen MR) is 81.3 cm³/mol. The fourth-order valence-corrected chi connectivity index (χ4v) is 2.28. The van der Waals surface area contributed by atoms with Gasteiger partial charge in [0.05, 0.1) is 6.20 Å². The van der Waals surface area contributed by atoms with Crippen LogP contribution in [-0.4, -0.2) is 21.2 Å². The molecule has 0 bridgehead atoms. The number of aromatic nitrogens is 2. The predicted octanol–water partition coefficient (Wildman–Crippen LogP) is 3.83. The Labute approximate surface area is 125 Å². The lowest BCUT2D eigenvalue weighted by atomic mass is 10.00. The molecule has 2 N–H and O–H groups in total. The van der Waals surface area contributed by atoms with E-state index >= 15 is 0 Å². The number of benzene rings is 1. The molecule has 0 fully saturated rings. The van der Waals surface area contributed by atoms with Gasteiger partial charge >= 0.3 is 6.09 Å². The Hall–Kier alpha value is -3.02. The van der Waals surface area contributed by atoms with Gasteiger partial charge in [0, 0.05) is 23.3 Å². The van der Waals surface area contributed by atoms with E-state index in [1.165, 1.54) is 6.20 Å². The second-order valence-corrected chi connectivity index (χ2v) is 4.86. The number of halogens is 1. The number of carboxylic acid groups (broad SMARTS) is 1.